The third-order valence-corrected chi connectivity index (χ3v) is 11.3. The molecule has 3 unspecified atom stereocenters. The van der Waals surface area contributed by atoms with Gasteiger partial charge in [-0.25, -0.2) is 0 Å². The number of aliphatic hydroxyl groups is 3. The summed E-state index contributed by atoms with van der Waals surface area (Å²) in [6.45, 7) is 14.1. The quantitative estimate of drug-likeness (QED) is 0.509. The first-order chi connectivity index (χ1) is 14.4. The Bertz CT molecular complexity index is 688. The molecule has 4 aliphatic carbocycles. The van der Waals surface area contributed by atoms with E-state index in [4.69, 9.17) is 0 Å². The third kappa shape index (κ3) is 3.56. The Balaban J connectivity index is 1.56. The molecule has 3 nitrogen and oxygen atoms in total. The van der Waals surface area contributed by atoms with E-state index in [1.54, 1.807) is 0 Å². The highest BCUT2D eigenvalue weighted by atomic mass is 16.3. The summed E-state index contributed by atoms with van der Waals surface area (Å²) in [5.74, 6) is 4.24. The maximum Gasteiger partial charge on any atom is 0.0985 e. The van der Waals surface area contributed by atoms with Crippen LogP contribution in [-0.2, 0) is 0 Å². The van der Waals surface area contributed by atoms with Crippen molar-refractivity contribution in [3.8, 4) is 0 Å². The van der Waals surface area contributed by atoms with E-state index in [2.05, 4.69) is 53.7 Å². The minimum absolute atomic E-state index is 0.272. The van der Waals surface area contributed by atoms with E-state index in [0.717, 1.165) is 19.3 Å². The molecule has 4 aliphatic rings. The van der Waals surface area contributed by atoms with E-state index in [9.17, 15) is 15.3 Å². The van der Waals surface area contributed by atoms with E-state index in [0.29, 0.717) is 59.7 Å². The summed E-state index contributed by atoms with van der Waals surface area (Å²) in [4.78, 5) is 0. The molecule has 4 rings (SSSR count). The minimum Gasteiger partial charge on any atom is -0.393 e. The summed E-state index contributed by atoms with van der Waals surface area (Å²) in [5.41, 5.74) is -1.06. The summed E-state index contributed by atoms with van der Waals surface area (Å²) in [6.07, 6.45) is 11.4. The average molecular weight is 433 g/mol. The predicted octanol–water partition coefficient (Wildman–Crippen LogP) is 5.58. The van der Waals surface area contributed by atoms with Crippen LogP contribution < -0.4 is 0 Å². The number of rotatable bonds is 4. The van der Waals surface area contributed by atoms with E-state index >= 15 is 0 Å². The van der Waals surface area contributed by atoms with Crippen LogP contribution in [0, 0.1) is 52.3 Å². The number of hydrogen-bond donors (Lipinski definition) is 3. The van der Waals surface area contributed by atoms with E-state index in [1.165, 1.54) is 19.3 Å². The topological polar surface area (TPSA) is 60.7 Å². The lowest BCUT2D eigenvalue weighted by Gasteiger charge is -2.65. The Labute approximate surface area is 190 Å². The molecule has 0 amide bonds. The highest BCUT2D eigenvalue weighted by molar-refractivity contribution is 5.17. The van der Waals surface area contributed by atoms with Crippen LogP contribution in [0.2, 0.25) is 0 Å². The van der Waals surface area contributed by atoms with Gasteiger partial charge in [0.15, 0.2) is 0 Å². The molecule has 0 radical (unpaired) electrons. The minimum atomic E-state index is -1.12. The lowest BCUT2D eigenvalue weighted by molar-refractivity contribution is -0.264. The molecule has 0 aliphatic heterocycles. The molecule has 3 heteroatoms. The smallest absolute Gasteiger partial charge is 0.0985 e. The fourth-order valence-corrected chi connectivity index (χ4v) is 8.87. The zero-order valence-corrected chi connectivity index (χ0v) is 20.8. The van der Waals surface area contributed by atoms with Crippen molar-refractivity contribution < 1.29 is 15.3 Å². The second kappa shape index (κ2) is 8.13. The van der Waals surface area contributed by atoms with Gasteiger partial charge >= 0.3 is 0 Å². The second-order valence-corrected chi connectivity index (χ2v) is 12.9. The first-order valence-electron chi connectivity index (χ1n) is 13.2. The molecule has 178 valence electrons. The number of allylic oxidation sites excluding steroid dienone is 2. The Hall–Kier alpha value is -0.380. The summed E-state index contributed by atoms with van der Waals surface area (Å²) in [6, 6.07) is 0. The standard InChI is InChI=1S/C28H48O3/c1-17(2)18(3)7-8-19(4)22-9-10-23-21-15-25(30)28(31)16-20(29)11-14-27(28,6)24(21)12-13-26(22,23)5/h7-8,17-25,29-31H,9-16H2,1-6H3/b8-7+/t18-,19-,20+,21?,22-,23?,24?,25-,26-,27-,28+/m1/s1. The van der Waals surface area contributed by atoms with Gasteiger partial charge in [0, 0.05) is 11.8 Å². The van der Waals surface area contributed by atoms with Crippen LogP contribution in [0.3, 0.4) is 0 Å². The van der Waals surface area contributed by atoms with Crippen molar-refractivity contribution in [1.82, 2.24) is 0 Å². The maximum absolute atomic E-state index is 11.6. The molecule has 31 heavy (non-hydrogen) atoms. The van der Waals surface area contributed by atoms with Gasteiger partial charge in [-0.3, -0.25) is 0 Å². The van der Waals surface area contributed by atoms with Crippen molar-refractivity contribution >= 4 is 0 Å². The first-order valence-corrected chi connectivity index (χ1v) is 13.2. The SMILES string of the molecule is CC(C)[C@H](C)/C=C/[C@@H](C)[C@H]1CCC2C3C[C@@H](O)[C@@]4(O)C[C@@H](O)CC[C@]4(C)C3CC[C@@]21C. The van der Waals surface area contributed by atoms with Crippen molar-refractivity contribution in [2.75, 3.05) is 0 Å². The van der Waals surface area contributed by atoms with Gasteiger partial charge in [0.25, 0.3) is 0 Å². The van der Waals surface area contributed by atoms with E-state index < -0.39 is 17.8 Å². The Morgan fingerprint density at radius 1 is 0.871 bits per heavy atom. The molecule has 11 atom stereocenters. The highest BCUT2D eigenvalue weighted by Gasteiger charge is 2.67. The van der Waals surface area contributed by atoms with E-state index in [-0.39, 0.29) is 5.41 Å². The van der Waals surface area contributed by atoms with Gasteiger partial charge in [0.2, 0.25) is 0 Å². The molecule has 3 N–H and O–H groups in total. The lowest BCUT2D eigenvalue weighted by atomic mass is 9.42. The Morgan fingerprint density at radius 2 is 1.58 bits per heavy atom. The summed E-state index contributed by atoms with van der Waals surface area (Å²) >= 11 is 0. The number of aliphatic hydroxyl groups excluding tert-OH is 2. The van der Waals surface area contributed by atoms with Crippen molar-refractivity contribution in [2.45, 2.75) is 111 Å². The van der Waals surface area contributed by atoms with Crippen molar-refractivity contribution in [3.63, 3.8) is 0 Å². The third-order valence-electron chi connectivity index (χ3n) is 11.3. The van der Waals surface area contributed by atoms with Gasteiger partial charge in [-0.2, -0.15) is 0 Å². The average Bonchev–Trinajstić information content (AvgIpc) is 3.05. The molecule has 0 heterocycles. The summed E-state index contributed by atoms with van der Waals surface area (Å²) in [5, 5.41) is 33.1. The predicted molar refractivity (Wildman–Crippen MR) is 126 cm³/mol. The summed E-state index contributed by atoms with van der Waals surface area (Å²) in [7, 11) is 0. The van der Waals surface area contributed by atoms with E-state index in [1.807, 2.05) is 0 Å². The van der Waals surface area contributed by atoms with Crippen LogP contribution in [0.5, 0.6) is 0 Å². The number of hydrogen-bond acceptors (Lipinski definition) is 3. The molecule has 0 aromatic rings. The normalized spacial score (nSPS) is 51.9. The van der Waals surface area contributed by atoms with Crippen LogP contribution in [-0.4, -0.2) is 33.1 Å². The first kappa shape index (κ1) is 23.8. The van der Waals surface area contributed by atoms with Crippen LogP contribution in [0.4, 0.5) is 0 Å². The van der Waals surface area contributed by atoms with Gasteiger partial charge < -0.3 is 15.3 Å². The van der Waals surface area contributed by atoms with Gasteiger partial charge in [-0.05, 0) is 91.8 Å². The molecular formula is C28H48O3. The highest BCUT2D eigenvalue weighted by Crippen LogP contribution is 2.69. The maximum atomic E-state index is 11.6. The zero-order valence-electron chi connectivity index (χ0n) is 20.8. The summed E-state index contributed by atoms with van der Waals surface area (Å²) < 4.78 is 0. The second-order valence-electron chi connectivity index (χ2n) is 12.9. The van der Waals surface area contributed by atoms with Crippen molar-refractivity contribution in [1.29, 1.82) is 0 Å². The molecule has 4 fully saturated rings. The number of fused-ring (bicyclic) bond motifs is 5. The molecular weight excluding hydrogens is 384 g/mol. The van der Waals surface area contributed by atoms with Crippen LogP contribution in [0.25, 0.3) is 0 Å². The van der Waals surface area contributed by atoms with Crippen LogP contribution >= 0.6 is 0 Å². The molecule has 4 saturated carbocycles. The zero-order chi connectivity index (χ0) is 22.8. The monoisotopic (exact) mass is 432 g/mol. The van der Waals surface area contributed by atoms with Gasteiger partial charge in [-0.1, -0.05) is 53.7 Å². The fraction of sp³-hybridized carbons (Fsp3) is 0.929. The van der Waals surface area contributed by atoms with Crippen molar-refractivity contribution in [3.05, 3.63) is 12.2 Å². The molecule has 0 spiro atoms. The fourth-order valence-electron chi connectivity index (χ4n) is 8.87. The largest absolute Gasteiger partial charge is 0.393 e. The van der Waals surface area contributed by atoms with Gasteiger partial charge in [0.1, 0.15) is 0 Å². The van der Waals surface area contributed by atoms with Crippen LogP contribution in [0.15, 0.2) is 12.2 Å². The molecule has 0 aromatic heterocycles. The molecule has 0 bridgehead atoms. The van der Waals surface area contributed by atoms with Gasteiger partial charge in [-0.15, -0.1) is 0 Å². The molecule has 0 aromatic carbocycles. The Morgan fingerprint density at radius 3 is 2.26 bits per heavy atom. The van der Waals surface area contributed by atoms with Crippen molar-refractivity contribution in [2.24, 2.45) is 52.3 Å². The molecule has 0 saturated heterocycles. The lowest BCUT2D eigenvalue weighted by Crippen LogP contribution is -2.68. The Kier molecular flexibility index (Phi) is 6.24. The van der Waals surface area contributed by atoms with Gasteiger partial charge in [0.05, 0.1) is 17.8 Å². The van der Waals surface area contributed by atoms with Crippen LogP contribution in [0.1, 0.15) is 92.9 Å².